The summed E-state index contributed by atoms with van der Waals surface area (Å²) in [6, 6.07) is 0.104. The lowest BCUT2D eigenvalue weighted by atomic mass is 9.77. The number of ether oxygens (including phenoxy) is 1. The van der Waals surface area contributed by atoms with Crippen molar-refractivity contribution >= 4 is 28.3 Å². The van der Waals surface area contributed by atoms with Gasteiger partial charge in [-0.1, -0.05) is 12.2 Å². The molecule has 7 nitrogen and oxygen atoms in total. The number of nitrogens with zero attached hydrogens (tertiary/aromatic N) is 2. The lowest BCUT2D eigenvalue weighted by Gasteiger charge is -2.24. The first kappa shape index (κ1) is 17.5. The number of fused-ring (bicyclic) bond motifs is 1. The van der Waals surface area contributed by atoms with E-state index in [4.69, 9.17) is 10.5 Å². The molecule has 2 saturated heterocycles. The van der Waals surface area contributed by atoms with Gasteiger partial charge in [0, 0.05) is 18.0 Å². The van der Waals surface area contributed by atoms with Gasteiger partial charge in [0.05, 0.1) is 30.2 Å². The largest absolute Gasteiger partial charge is 0.375 e. The number of hydrogen-bond acceptors (Lipinski definition) is 6. The first-order valence-corrected chi connectivity index (χ1v) is 9.94. The molecular weight excluding hydrogens is 352 g/mol. The summed E-state index contributed by atoms with van der Waals surface area (Å²) in [5, 5.41) is 5.48. The van der Waals surface area contributed by atoms with Gasteiger partial charge >= 0.3 is 0 Å². The van der Waals surface area contributed by atoms with Crippen molar-refractivity contribution in [3.8, 4) is 0 Å². The zero-order valence-electron chi connectivity index (χ0n) is 15.0. The van der Waals surface area contributed by atoms with E-state index in [1.165, 1.54) is 11.3 Å². The van der Waals surface area contributed by atoms with Crippen LogP contribution in [0.3, 0.4) is 0 Å². The van der Waals surface area contributed by atoms with E-state index < -0.39 is 17.4 Å². The second-order valence-electron chi connectivity index (χ2n) is 7.53. The molecular formula is C18H24N4O3S. The molecule has 2 fully saturated rings. The highest BCUT2D eigenvalue weighted by molar-refractivity contribution is 7.13. The van der Waals surface area contributed by atoms with Crippen molar-refractivity contribution in [3.63, 3.8) is 0 Å². The van der Waals surface area contributed by atoms with Crippen molar-refractivity contribution < 1.29 is 14.3 Å². The molecule has 4 heterocycles. The van der Waals surface area contributed by atoms with Crippen molar-refractivity contribution in [1.29, 1.82) is 0 Å². The van der Waals surface area contributed by atoms with Crippen molar-refractivity contribution in [2.45, 2.75) is 44.4 Å². The molecule has 4 atom stereocenters. The average Bonchev–Trinajstić information content (AvgIpc) is 3.33. The van der Waals surface area contributed by atoms with Gasteiger partial charge in [0.1, 0.15) is 5.60 Å². The Balaban J connectivity index is 1.37. The molecule has 0 radical (unpaired) electrons. The van der Waals surface area contributed by atoms with Crippen molar-refractivity contribution in [2.75, 3.05) is 18.8 Å². The lowest BCUT2D eigenvalue weighted by molar-refractivity contribution is -0.138. The van der Waals surface area contributed by atoms with Gasteiger partial charge in [-0.2, -0.15) is 0 Å². The van der Waals surface area contributed by atoms with Crippen molar-refractivity contribution in [1.82, 2.24) is 15.2 Å². The van der Waals surface area contributed by atoms with Crippen LogP contribution in [0.15, 0.2) is 17.5 Å². The quantitative estimate of drug-likeness (QED) is 0.569. The number of nitrogens with two attached hydrogens (primary N) is 1. The molecule has 2 bridgehead atoms. The number of amides is 2. The molecule has 3 aliphatic heterocycles. The van der Waals surface area contributed by atoms with Crippen molar-refractivity contribution in [2.24, 2.45) is 11.8 Å². The highest BCUT2D eigenvalue weighted by atomic mass is 32.1. The van der Waals surface area contributed by atoms with Gasteiger partial charge in [0.15, 0.2) is 5.13 Å². The van der Waals surface area contributed by atoms with E-state index >= 15 is 0 Å². The van der Waals surface area contributed by atoms with E-state index in [0.717, 1.165) is 18.5 Å². The highest BCUT2D eigenvalue weighted by Gasteiger charge is 2.66. The van der Waals surface area contributed by atoms with Gasteiger partial charge in [-0.3, -0.25) is 9.59 Å². The van der Waals surface area contributed by atoms with E-state index in [0.29, 0.717) is 18.2 Å². The summed E-state index contributed by atoms with van der Waals surface area (Å²) in [4.78, 5) is 31.7. The molecule has 4 rings (SSSR count). The standard InChI is InChI=1S/C18H24N4O3S/c1-10(2)22-9-18-6-5-12(25-18)13(14(18)16(22)24)15(23)20-7-3-4-11-8-26-17(19)21-11/h5-6,8,10,12-14H,3-4,7,9H2,1-2H3,(H2,19,21)(H,20,23)/t12?,13?,14?,18-/m0/s1. The Morgan fingerprint density at radius 2 is 2.38 bits per heavy atom. The molecule has 3 aliphatic rings. The van der Waals surface area contributed by atoms with Crippen LogP contribution in [0.25, 0.3) is 0 Å². The summed E-state index contributed by atoms with van der Waals surface area (Å²) >= 11 is 1.42. The smallest absolute Gasteiger partial charge is 0.230 e. The molecule has 1 spiro atoms. The van der Waals surface area contributed by atoms with Gasteiger partial charge < -0.3 is 20.7 Å². The fourth-order valence-corrected chi connectivity index (χ4v) is 4.90. The lowest BCUT2D eigenvalue weighted by Crippen LogP contribution is -2.44. The summed E-state index contributed by atoms with van der Waals surface area (Å²) in [5.74, 6) is -0.905. The molecule has 3 unspecified atom stereocenters. The molecule has 1 aromatic rings. The number of likely N-dealkylation sites (tertiary alicyclic amines) is 1. The summed E-state index contributed by atoms with van der Waals surface area (Å²) in [6.45, 7) is 5.07. The molecule has 0 saturated carbocycles. The van der Waals surface area contributed by atoms with Gasteiger partial charge in [-0.05, 0) is 26.7 Å². The van der Waals surface area contributed by atoms with Crippen LogP contribution >= 0.6 is 11.3 Å². The van der Waals surface area contributed by atoms with Crippen molar-refractivity contribution in [3.05, 3.63) is 23.2 Å². The van der Waals surface area contributed by atoms with Crippen LogP contribution in [0.5, 0.6) is 0 Å². The number of carbonyl (C=O) groups is 2. The fourth-order valence-electron chi connectivity index (χ4n) is 4.30. The molecule has 0 aromatic carbocycles. The highest BCUT2D eigenvalue weighted by Crippen LogP contribution is 2.52. The van der Waals surface area contributed by atoms with Gasteiger partial charge in [0.25, 0.3) is 0 Å². The summed E-state index contributed by atoms with van der Waals surface area (Å²) in [6.07, 6.45) is 5.18. The molecule has 8 heteroatoms. The van der Waals surface area contributed by atoms with Crippen LogP contribution in [0.2, 0.25) is 0 Å². The minimum Gasteiger partial charge on any atom is -0.375 e. The number of thiazole rings is 1. The number of rotatable bonds is 6. The predicted octanol–water partition coefficient (Wildman–Crippen LogP) is 0.964. The number of hydrogen-bond donors (Lipinski definition) is 2. The van der Waals surface area contributed by atoms with E-state index in [1.807, 2.05) is 36.3 Å². The Hall–Kier alpha value is -1.93. The normalized spacial score (nSPS) is 31.9. The third-order valence-corrected chi connectivity index (χ3v) is 6.26. The third kappa shape index (κ3) is 2.72. The molecule has 0 aliphatic carbocycles. The summed E-state index contributed by atoms with van der Waals surface area (Å²) in [5.41, 5.74) is 5.95. The maximum absolute atomic E-state index is 12.9. The van der Waals surface area contributed by atoms with Crippen LogP contribution in [0, 0.1) is 11.8 Å². The number of aryl methyl sites for hydroxylation is 1. The minimum absolute atomic E-state index is 0.0324. The molecule has 26 heavy (non-hydrogen) atoms. The fraction of sp³-hybridized carbons (Fsp3) is 0.611. The topological polar surface area (TPSA) is 97.6 Å². The Kier molecular flexibility index (Phi) is 4.27. The second-order valence-corrected chi connectivity index (χ2v) is 8.42. The van der Waals surface area contributed by atoms with E-state index in [9.17, 15) is 9.59 Å². The molecule has 2 amide bonds. The van der Waals surface area contributed by atoms with Gasteiger partial charge in [-0.15, -0.1) is 11.3 Å². The number of aromatic nitrogens is 1. The first-order valence-electron chi connectivity index (χ1n) is 9.06. The first-order chi connectivity index (χ1) is 12.4. The Morgan fingerprint density at radius 3 is 3.08 bits per heavy atom. The summed E-state index contributed by atoms with van der Waals surface area (Å²) < 4.78 is 6.09. The monoisotopic (exact) mass is 376 g/mol. The minimum atomic E-state index is -0.619. The number of anilines is 1. The van der Waals surface area contributed by atoms with Crippen LogP contribution in [0.4, 0.5) is 5.13 Å². The van der Waals surface area contributed by atoms with Crippen LogP contribution < -0.4 is 11.1 Å². The van der Waals surface area contributed by atoms with E-state index in [2.05, 4.69) is 10.3 Å². The van der Waals surface area contributed by atoms with Crippen LogP contribution in [-0.4, -0.2) is 52.5 Å². The van der Waals surface area contributed by atoms with Gasteiger partial charge in [0.2, 0.25) is 11.8 Å². The zero-order chi connectivity index (χ0) is 18.5. The summed E-state index contributed by atoms with van der Waals surface area (Å²) in [7, 11) is 0. The van der Waals surface area contributed by atoms with Crippen LogP contribution in [0.1, 0.15) is 26.0 Å². The maximum atomic E-state index is 12.9. The molecule has 140 valence electrons. The zero-order valence-corrected chi connectivity index (χ0v) is 15.8. The number of carbonyl (C=O) groups excluding carboxylic acids is 2. The second kappa shape index (κ2) is 6.35. The number of nitrogen functional groups attached to an aromatic ring is 1. The Bertz CT molecular complexity index is 761. The van der Waals surface area contributed by atoms with E-state index in [-0.39, 0.29) is 24.0 Å². The maximum Gasteiger partial charge on any atom is 0.230 e. The Labute approximate surface area is 156 Å². The third-order valence-electron chi connectivity index (χ3n) is 5.53. The van der Waals surface area contributed by atoms with Crippen LogP contribution in [-0.2, 0) is 20.7 Å². The number of nitrogens with one attached hydrogen (secondary N) is 1. The average molecular weight is 376 g/mol. The Morgan fingerprint density at radius 1 is 1.58 bits per heavy atom. The molecule has 3 N–H and O–H groups in total. The van der Waals surface area contributed by atoms with Gasteiger partial charge in [-0.25, -0.2) is 4.98 Å². The molecule has 1 aromatic heterocycles. The predicted molar refractivity (Wildman–Crippen MR) is 98.4 cm³/mol. The SMILES string of the molecule is CC(C)N1C[C@]23C=CC(O2)C(C(=O)NCCCc2csc(N)n2)C3C1=O. The van der Waals surface area contributed by atoms with E-state index in [1.54, 1.807) is 0 Å².